The molecular weight excluding hydrogens is 468 g/mol. The van der Waals surface area contributed by atoms with E-state index < -0.39 is 23.4 Å². The summed E-state index contributed by atoms with van der Waals surface area (Å²) < 4.78 is 2.14. The van der Waals surface area contributed by atoms with Gasteiger partial charge in [-0.2, -0.15) is 0 Å². The van der Waals surface area contributed by atoms with Crippen molar-refractivity contribution in [2.45, 2.75) is 38.3 Å². The predicted octanol–water partition coefficient (Wildman–Crippen LogP) is 3.84. The van der Waals surface area contributed by atoms with Gasteiger partial charge in [0.2, 0.25) is 5.91 Å². The lowest BCUT2D eigenvalue weighted by molar-refractivity contribution is -0.133. The Balaban J connectivity index is 1.14. The summed E-state index contributed by atoms with van der Waals surface area (Å²) in [5.74, 6) is 0.900. The topological polar surface area (TPSA) is 109 Å². The van der Waals surface area contributed by atoms with Gasteiger partial charge < -0.3 is 15.2 Å². The van der Waals surface area contributed by atoms with E-state index in [9.17, 15) is 14.4 Å². The average molecular weight is 495 g/mol. The van der Waals surface area contributed by atoms with Crippen LogP contribution in [0.4, 0.5) is 10.5 Å². The molecule has 9 nitrogen and oxygen atoms in total. The molecule has 1 saturated heterocycles. The van der Waals surface area contributed by atoms with Crippen LogP contribution in [0.15, 0.2) is 66.7 Å². The Morgan fingerprint density at radius 1 is 1.00 bits per heavy atom. The number of fused-ring (bicyclic) bond motifs is 2. The Bertz CT molecular complexity index is 1540. The van der Waals surface area contributed by atoms with Crippen molar-refractivity contribution in [2.75, 3.05) is 11.9 Å². The number of urea groups is 1. The number of hydrogen-bond acceptors (Lipinski definition) is 5. The van der Waals surface area contributed by atoms with E-state index in [1.54, 1.807) is 19.1 Å². The van der Waals surface area contributed by atoms with Gasteiger partial charge in [0.25, 0.3) is 5.91 Å². The van der Waals surface area contributed by atoms with Crippen LogP contribution in [0.3, 0.4) is 0 Å². The summed E-state index contributed by atoms with van der Waals surface area (Å²) in [5.41, 5.74) is 0.898. The smallest absolute Gasteiger partial charge is 0.325 e. The van der Waals surface area contributed by atoms with Crippen molar-refractivity contribution in [3.05, 3.63) is 78.1 Å². The van der Waals surface area contributed by atoms with Gasteiger partial charge in [0.15, 0.2) is 5.82 Å². The Morgan fingerprint density at radius 3 is 2.59 bits per heavy atom. The second-order valence-electron chi connectivity index (χ2n) is 9.68. The normalized spacial score (nSPS) is 19.1. The quantitative estimate of drug-likeness (QED) is 0.410. The first kappa shape index (κ1) is 22.9. The van der Waals surface area contributed by atoms with Crippen LogP contribution >= 0.6 is 0 Å². The molecule has 9 heteroatoms. The summed E-state index contributed by atoms with van der Waals surface area (Å²) in [6, 6.07) is 20.2. The largest absolute Gasteiger partial charge is 0.325 e. The Morgan fingerprint density at radius 2 is 1.78 bits per heavy atom. The van der Waals surface area contributed by atoms with Crippen molar-refractivity contribution >= 4 is 34.3 Å². The zero-order chi connectivity index (χ0) is 25.6. The highest BCUT2D eigenvalue weighted by Gasteiger charge is 2.49. The summed E-state index contributed by atoms with van der Waals surface area (Å²) in [7, 11) is 0. The van der Waals surface area contributed by atoms with Crippen LogP contribution in [0, 0.1) is 0 Å². The van der Waals surface area contributed by atoms with Crippen LogP contribution in [0.2, 0.25) is 0 Å². The maximum absolute atomic E-state index is 13.3. The molecule has 37 heavy (non-hydrogen) atoms. The number of benzene rings is 3. The number of imide groups is 1. The lowest BCUT2D eigenvalue weighted by Gasteiger charge is -2.22. The second kappa shape index (κ2) is 8.85. The van der Waals surface area contributed by atoms with Gasteiger partial charge in [-0.05, 0) is 66.4 Å². The minimum absolute atomic E-state index is 0.382. The third-order valence-electron chi connectivity index (χ3n) is 7.19. The summed E-state index contributed by atoms with van der Waals surface area (Å²) in [6.07, 6.45) is 3.17. The third kappa shape index (κ3) is 4.02. The van der Waals surface area contributed by atoms with E-state index in [-0.39, 0.29) is 6.54 Å². The fraction of sp³-hybridized carbons (Fsp3) is 0.250. The van der Waals surface area contributed by atoms with Crippen molar-refractivity contribution in [3.63, 3.8) is 0 Å². The molecule has 0 aliphatic carbocycles. The maximum atomic E-state index is 13.3. The van der Waals surface area contributed by atoms with Crippen LogP contribution in [0.1, 0.15) is 31.2 Å². The molecule has 0 saturated carbocycles. The lowest BCUT2D eigenvalue weighted by Crippen LogP contribution is -2.42. The molecule has 1 fully saturated rings. The van der Waals surface area contributed by atoms with Crippen molar-refractivity contribution in [1.82, 2.24) is 25.0 Å². The minimum Gasteiger partial charge on any atom is -0.325 e. The van der Waals surface area contributed by atoms with E-state index in [1.165, 1.54) is 0 Å². The van der Waals surface area contributed by atoms with E-state index in [4.69, 9.17) is 0 Å². The minimum atomic E-state index is -1.25. The molecule has 1 aromatic heterocycles. The molecule has 186 valence electrons. The summed E-state index contributed by atoms with van der Waals surface area (Å²) >= 11 is 0. The number of nitrogens with one attached hydrogen (secondary N) is 2. The van der Waals surface area contributed by atoms with E-state index in [0.29, 0.717) is 11.3 Å². The van der Waals surface area contributed by atoms with Crippen molar-refractivity contribution < 1.29 is 14.4 Å². The molecule has 2 N–H and O–H groups in total. The maximum Gasteiger partial charge on any atom is 0.325 e. The first-order valence-corrected chi connectivity index (χ1v) is 12.4. The molecule has 0 bridgehead atoms. The van der Waals surface area contributed by atoms with Gasteiger partial charge in [0, 0.05) is 24.2 Å². The highest BCUT2D eigenvalue weighted by molar-refractivity contribution is 6.10. The zero-order valence-corrected chi connectivity index (χ0v) is 20.4. The highest BCUT2D eigenvalue weighted by Crippen LogP contribution is 2.31. The van der Waals surface area contributed by atoms with E-state index in [0.717, 1.165) is 58.7 Å². The van der Waals surface area contributed by atoms with Gasteiger partial charge in [-0.25, -0.2) is 4.79 Å². The fourth-order valence-electron chi connectivity index (χ4n) is 5.11. The molecule has 3 aromatic carbocycles. The number of aromatic nitrogens is 3. The lowest BCUT2D eigenvalue weighted by atomic mass is 9.90. The van der Waals surface area contributed by atoms with Crippen LogP contribution in [0.5, 0.6) is 0 Å². The number of nitrogens with zero attached hydrogens (tertiary/aromatic N) is 4. The first-order valence-electron chi connectivity index (χ1n) is 12.4. The molecule has 2 aliphatic rings. The van der Waals surface area contributed by atoms with Crippen LogP contribution in [0.25, 0.3) is 22.2 Å². The molecule has 1 atom stereocenters. The number of carbonyl (C=O) groups excluding carboxylic acids is 3. The van der Waals surface area contributed by atoms with Gasteiger partial charge in [-0.15, -0.1) is 10.2 Å². The number of aryl methyl sites for hydroxylation is 1. The molecule has 6 rings (SSSR count). The highest BCUT2D eigenvalue weighted by atomic mass is 16.2. The summed E-state index contributed by atoms with van der Waals surface area (Å²) in [4.78, 5) is 39.8. The van der Waals surface area contributed by atoms with Crippen LogP contribution < -0.4 is 10.6 Å². The predicted molar refractivity (Wildman–Crippen MR) is 139 cm³/mol. The van der Waals surface area contributed by atoms with Crippen molar-refractivity contribution in [3.8, 4) is 11.4 Å². The van der Waals surface area contributed by atoms with Crippen molar-refractivity contribution in [2.24, 2.45) is 0 Å². The third-order valence-corrected chi connectivity index (χ3v) is 7.19. The van der Waals surface area contributed by atoms with Gasteiger partial charge >= 0.3 is 6.03 Å². The van der Waals surface area contributed by atoms with Gasteiger partial charge in [0.05, 0.1) is 0 Å². The molecular formula is C28H26N6O3. The SMILES string of the molecule is CC1(c2ccc3ccccc3c2)NC(=O)N(CC(=O)Nc2ccc(-c3nnc4n3CCCC4)cc2)C1=O. The standard InChI is InChI=1S/C28H26N6O3/c1-28(21-12-9-18-6-2-3-7-20(18)16-21)26(36)34(27(37)30-28)17-24(35)29-22-13-10-19(11-14-22)25-32-31-23-8-4-5-15-33(23)25/h2-3,6-7,9-14,16H,4-5,8,15,17H2,1H3,(H,29,35)(H,30,37). The second-order valence-corrected chi connectivity index (χ2v) is 9.68. The zero-order valence-electron chi connectivity index (χ0n) is 20.4. The van der Waals surface area contributed by atoms with Crippen LogP contribution in [-0.2, 0) is 28.1 Å². The van der Waals surface area contributed by atoms with E-state index >= 15 is 0 Å². The fourth-order valence-corrected chi connectivity index (χ4v) is 5.11. The van der Waals surface area contributed by atoms with Gasteiger partial charge in [0.1, 0.15) is 17.9 Å². The Kier molecular flexibility index (Phi) is 5.48. The molecule has 3 heterocycles. The van der Waals surface area contributed by atoms with E-state index in [1.807, 2.05) is 54.6 Å². The molecule has 4 amide bonds. The summed E-state index contributed by atoms with van der Waals surface area (Å²) in [6.45, 7) is 2.19. The number of carbonyl (C=O) groups is 3. The molecule has 0 spiro atoms. The monoisotopic (exact) mass is 494 g/mol. The number of amides is 4. The Hall–Kier alpha value is -4.53. The van der Waals surface area contributed by atoms with Crippen LogP contribution in [-0.4, -0.2) is 44.1 Å². The van der Waals surface area contributed by atoms with Crippen molar-refractivity contribution in [1.29, 1.82) is 0 Å². The summed E-state index contributed by atoms with van der Waals surface area (Å²) in [5, 5.41) is 16.2. The average Bonchev–Trinajstić information content (AvgIpc) is 3.44. The molecule has 4 aromatic rings. The van der Waals surface area contributed by atoms with Gasteiger partial charge in [-0.1, -0.05) is 36.4 Å². The Labute approximate surface area is 213 Å². The molecule has 2 aliphatic heterocycles. The van der Waals surface area contributed by atoms with Gasteiger partial charge in [-0.3, -0.25) is 14.5 Å². The van der Waals surface area contributed by atoms with E-state index in [2.05, 4.69) is 25.4 Å². The number of hydrogen-bond donors (Lipinski definition) is 2. The first-order chi connectivity index (χ1) is 17.9. The number of anilines is 1. The molecule has 0 radical (unpaired) electrons. The molecule has 1 unspecified atom stereocenters. The number of rotatable bonds is 5.